The largest absolute Gasteiger partial charge is 0.343 e. The molecule has 4 nitrogen and oxygen atoms in total. The maximum Gasteiger partial charge on any atom is 0.270 e. The van der Waals surface area contributed by atoms with E-state index in [9.17, 15) is 4.79 Å². The number of piperidine rings is 1. The fraction of sp³-hybridized carbons (Fsp3) is 0.444. The highest BCUT2D eigenvalue weighted by molar-refractivity contribution is 5.94. The molecular formula is C18H23N3O. The SMILES string of the molecule is CCCn1cc(-c2ccncc2)cc1C(=O)N1CCCCC1. The summed E-state index contributed by atoms with van der Waals surface area (Å²) in [5.74, 6) is 0.174. The van der Waals surface area contributed by atoms with Gasteiger partial charge in [0, 0.05) is 43.8 Å². The number of carbonyl (C=O) groups is 1. The molecular weight excluding hydrogens is 274 g/mol. The van der Waals surface area contributed by atoms with Gasteiger partial charge in [-0.2, -0.15) is 0 Å². The van der Waals surface area contributed by atoms with E-state index in [0.29, 0.717) is 0 Å². The van der Waals surface area contributed by atoms with Crippen LogP contribution in [0.1, 0.15) is 43.1 Å². The monoisotopic (exact) mass is 297 g/mol. The zero-order chi connectivity index (χ0) is 15.4. The van der Waals surface area contributed by atoms with Gasteiger partial charge in [0.25, 0.3) is 5.91 Å². The Morgan fingerprint density at radius 2 is 1.86 bits per heavy atom. The Kier molecular flexibility index (Phi) is 4.56. The van der Waals surface area contributed by atoms with Gasteiger partial charge in [-0.3, -0.25) is 9.78 Å². The summed E-state index contributed by atoms with van der Waals surface area (Å²) in [4.78, 5) is 18.9. The predicted molar refractivity (Wildman–Crippen MR) is 87.7 cm³/mol. The first kappa shape index (κ1) is 14.8. The Bertz CT molecular complexity index is 627. The zero-order valence-electron chi connectivity index (χ0n) is 13.2. The van der Waals surface area contributed by atoms with Crippen molar-refractivity contribution < 1.29 is 4.79 Å². The van der Waals surface area contributed by atoms with Crippen LogP contribution in [0.2, 0.25) is 0 Å². The van der Waals surface area contributed by atoms with Gasteiger partial charge in [0.2, 0.25) is 0 Å². The molecule has 116 valence electrons. The molecule has 1 fully saturated rings. The average Bonchev–Trinajstić information content (AvgIpc) is 3.00. The van der Waals surface area contributed by atoms with Crippen LogP contribution in [-0.2, 0) is 6.54 Å². The normalized spacial score (nSPS) is 15.0. The quantitative estimate of drug-likeness (QED) is 0.865. The molecule has 4 heteroatoms. The van der Waals surface area contributed by atoms with E-state index in [4.69, 9.17) is 0 Å². The van der Waals surface area contributed by atoms with Gasteiger partial charge >= 0.3 is 0 Å². The van der Waals surface area contributed by atoms with Crippen LogP contribution in [-0.4, -0.2) is 33.4 Å². The van der Waals surface area contributed by atoms with Crippen LogP contribution in [0.15, 0.2) is 36.8 Å². The van der Waals surface area contributed by atoms with Crippen molar-refractivity contribution in [1.82, 2.24) is 14.5 Å². The number of pyridine rings is 1. The minimum absolute atomic E-state index is 0.174. The molecule has 2 aromatic heterocycles. The number of likely N-dealkylation sites (tertiary alicyclic amines) is 1. The number of carbonyl (C=O) groups excluding carboxylic acids is 1. The van der Waals surface area contributed by atoms with E-state index in [1.54, 1.807) is 12.4 Å². The third-order valence-corrected chi connectivity index (χ3v) is 4.24. The molecule has 0 bridgehead atoms. The molecule has 2 aromatic rings. The maximum absolute atomic E-state index is 12.8. The lowest BCUT2D eigenvalue weighted by Gasteiger charge is -2.27. The molecule has 3 heterocycles. The van der Waals surface area contributed by atoms with Gasteiger partial charge < -0.3 is 9.47 Å². The van der Waals surface area contributed by atoms with E-state index in [1.807, 2.05) is 23.1 Å². The number of aromatic nitrogens is 2. The lowest BCUT2D eigenvalue weighted by molar-refractivity contribution is 0.0713. The van der Waals surface area contributed by atoms with Crippen LogP contribution < -0.4 is 0 Å². The summed E-state index contributed by atoms with van der Waals surface area (Å²) in [7, 11) is 0. The lowest BCUT2D eigenvalue weighted by atomic mass is 10.1. The van der Waals surface area contributed by atoms with Crippen molar-refractivity contribution in [3.05, 3.63) is 42.5 Å². The Morgan fingerprint density at radius 3 is 2.55 bits per heavy atom. The molecule has 0 unspecified atom stereocenters. The fourth-order valence-electron chi connectivity index (χ4n) is 3.08. The Labute approximate surface area is 131 Å². The summed E-state index contributed by atoms with van der Waals surface area (Å²) in [5, 5.41) is 0. The second-order valence-electron chi connectivity index (χ2n) is 5.90. The van der Waals surface area contributed by atoms with E-state index in [0.717, 1.165) is 55.7 Å². The molecule has 0 aromatic carbocycles. The second kappa shape index (κ2) is 6.77. The third kappa shape index (κ3) is 3.06. The second-order valence-corrected chi connectivity index (χ2v) is 5.90. The first-order valence-electron chi connectivity index (χ1n) is 8.19. The first-order chi connectivity index (χ1) is 10.8. The summed E-state index contributed by atoms with van der Waals surface area (Å²) in [6.07, 6.45) is 10.2. The average molecular weight is 297 g/mol. The summed E-state index contributed by atoms with van der Waals surface area (Å²) in [5.41, 5.74) is 3.02. The van der Waals surface area contributed by atoms with Gasteiger partial charge in [-0.05, 0) is 49.4 Å². The van der Waals surface area contributed by atoms with Crippen LogP contribution in [0, 0.1) is 0 Å². The van der Waals surface area contributed by atoms with Crippen LogP contribution in [0.5, 0.6) is 0 Å². The number of nitrogens with zero attached hydrogens (tertiary/aromatic N) is 3. The van der Waals surface area contributed by atoms with E-state index >= 15 is 0 Å². The highest BCUT2D eigenvalue weighted by atomic mass is 16.2. The highest BCUT2D eigenvalue weighted by Gasteiger charge is 2.22. The Balaban J connectivity index is 1.91. The smallest absolute Gasteiger partial charge is 0.270 e. The molecule has 0 saturated carbocycles. The molecule has 1 amide bonds. The molecule has 0 aliphatic carbocycles. The van der Waals surface area contributed by atoms with Gasteiger partial charge in [-0.1, -0.05) is 6.92 Å². The fourth-order valence-corrected chi connectivity index (χ4v) is 3.08. The first-order valence-corrected chi connectivity index (χ1v) is 8.19. The Morgan fingerprint density at radius 1 is 1.14 bits per heavy atom. The van der Waals surface area contributed by atoms with Crippen molar-refractivity contribution in [2.45, 2.75) is 39.2 Å². The van der Waals surface area contributed by atoms with E-state index in [2.05, 4.69) is 22.7 Å². The lowest BCUT2D eigenvalue weighted by Crippen LogP contribution is -2.36. The summed E-state index contributed by atoms with van der Waals surface area (Å²) >= 11 is 0. The molecule has 22 heavy (non-hydrogen) atoms. The molecule has 1 saturated heterocycles. The van der Waals surface area contributed by atoms with Gasteiger partial charge in [0.1, 0.15) is 5.69 Å². The van der Waals surface area contributed by atoms with Crippen molar-refractivity contribution >= 4 is 5.91 Å². The van der Waals surface area contributed by atoms with Crippen LogP contribution in [0.3, 0.4) is 0 Å². The van der Waals surface area contributed by atoms with E-state index in [-0.39, 0.29) is 5.91 Å². The number of hydrogen-bond acceptors (Lipinski definition) is 2. The van der Waals surface area contributed by atoms with E-state index in [1.165, 1.54) is 6.42 Å². The van der Waals surface area contributed by atoms with Crippen LogP contribution >= 0.6 is 0 Å². The summed E-state index contributed by atoms with van der Waals surface area (Å²) in [6, 6.07) is 6.00. The van der Waals surface area contributed by atoms with Crippen LogP contribution in [0.25, 0.3) is 11.1 Å². The number of hydrogen-bond donors (Lipinski definition) is 0. The summed E-state index contributed by atoms with van der Waals surface area (Å²) in [6.45, 7) is 4.79. The zero-order valence-corrected chi connectivity index (χ0v) is 13.2. The standard InChI is InChI=1S/C18H23N3O/c1-2-10-21-14-16(15-6-8-19-9-7-15)13-17(21)18(22)20-11-4-3-5-12-20/h6-9,13-14H,2-5,10-12H2,1H3. The minimum atomic E-state index is 0.174. The van der Waals surface area contributed by atoms with Crippen LogP contribution in [0.4, 0.5) is 0 Å². The highest BCUT2D eigenvalue weighted by Crippen LogP contribution is 2.24. The molecule has 0 N–H and O–H groups in total. The molecule has 0 radical (unpaired) electrons. The topological polar surface area (TPSA) is 38.1 Å². The minimum Gasteiger partial charge on any atom is -0.343 e. The number of aryl methyl sites for hydroxylation is 1. The van der Waals surface area contributed by atoms with Crippen molar-refractivity contribution in [2.24, 2.45) is 0 Å². The molecule has 0 spiro atoms. The molecule has 3 rings (SSSR count). The molecule has 0 atom stereocenters. The van der Waals surface area contributed by atoms with E-state index < -0.39 is 0 Å². The molecule has 1 aliphatic rings. The van der Waals surface area contributed by atoms with Crippen molar-refractivity contribution in [3.8, 4) is 11.1 Å². The molecule has 1 aliphatic heterocycles. The predicted octanol–water partition coefficient (Wildman–Crippen LogP) is 3.59. The van der Waals surface area contributed by atoms with Gasteiger partial charge in [0.05, 0.1) is 0 Å². The van der Waals surface area contributed by atoms with Crippen molar-refractivity contribution in [1.29, 1.82) is 0 Å². The van der Waals surface area contributed by atoms with Crippen molar-refractivity contribution in [2.75, 3.05) is 13.1 Å². The van der Waals surface area contributed by atoms with Gasteiger partial charge in [-0.25, -0.2) is 0 Å². The summed E-state index contributed by atoms with van der Waals surface area (Å²) < 4.78 is 2.10. The van der Waals surface area contributed by atoms with Crippen molar-refractivity contribution in [3.63, 3.8) is 0 Å². The Hall–Kier alpha value is -2.10. The number of rotatable bonds is 4. The maximum atomic E-state index is 12.8. The number of amides is 1. The van der Waals surface area contributed by atoms with Gasteiger partial charge in [0.15, 0.2) is 0 Å². The van der Waals surface area contributed by atoms with Gasteiger partial charge in [-0.15, -0.1) is 0 Å². The third-order valence-electron chi connectivity index (χ3n) is 4.24.